The second-order valence-electron chi connectivity index (χ2n) is 3.06. The van der Waals surface area contributed by atoms with E-state index in [0.29, 0.717) is 0 Å². The fourth-order valence-corrected chi connectivity index (χ4v) is 2.38. The summed E-state index contributed by atoms with van der Waals surface area (Å²) >= 11 is 1.64. The Balaban J connectivity index is 2.85. The Hall–Kier alpha value is -1.22. The van der Waals surface area contributed by atoms with Crippen molar-refractivity contribution >= 4 is 32.8 Å². The van der Waals surface area contributed by atoms with Crippen molar-refractivity contribution < 1.29 is 0 Å². The van der Waals surface area contributed by atoms with Crippen LogP contribution in [0.3, 0.4) is 0 Å². The monoisotopic (exact) mass is 192 g/mol. The van der Waals surface area contributed by atoms with Crippen molar-refractivity contribution in [3.63, 3.8) is 0 Å². The molecular weight excluding hydrogens is 180 g/mol. The molecule has 68 valence electrons. The van der Waals surface area contributed by atoms with Gasteiger partial charge in [-0.25, -0.2) is 0 Å². The Labute approximate surface area is 81.2 Å². The lowest BCUT2D eigenvalue weighted by Gasteiger charge is -2.06. The summed E-state index contributed by atoms with van der Waals surface area (Å²) in [6.07, 6.45) is 0.932. The van der Waals surface area contributed by atoms with Crippen molar-refractivity contribution in [3.05, 3.63) is 23.1 Å². The van der Waals surface area contributed by atoms with Crippen LogP contribution in [0.4, 0.5) is 11.4 Å². The van der Waals surface area contributed by atoms with Gasteiger partial charge in [-0.2, -0.15) is 0 Å². The van der Waals surface area contributed by atoms with Gasteiger partial charge in [-0.3, -0.25) is 0 Å². The lowest BCUT2D eigenvalue weighted by molar-refractivity contribution is 1.15. The second kappa shape index (κ2) is 2.92. The molecule has 3 heteroatoms. The Morgan fingerprint density at radius 2 is 2.15 bits per heavy atom. The van der Waals surface area contributed by atoms with E-state index >= 15 is 0 Å². The van der Waals surface area contributed by atoms with Crippen LogP contribution in [0.15, 0.2) is 17.5 Å². The van der Waals surface area contributed by atoms with Crippen molar-refractivity contribution in [3.8, 4) is 0 Å². The number of nitrogens with two attached hydrogens (primary N) is 2. The summed E-state index contributed by atoms with van der Waals surface area (Å²) in [5.41, 5.74) is 14.8. The molecule has 0 aliphatic heterocycles. The predicted octanol–water partition coefficient (Wildman–Crippen LogP) is 2.63. The molecule has 1 heterocycles. The van der Waals surface area contributed by atoms with Crippen LogP contribution in [0, 0.1) is 0 Å². The first-order chi connectivity index (χ1) is 6.24. The fraction of sp³-hybridized carbons (Fsp3) is 0.200. The van der Waals surface area contributed by atoms with Gasteiger partial charge in [0.15, 0.2) is 0 Å². The maximum absolute atomic E-state index is 5.99. The number of hydrogen-bond donors (Lipinski definition) is 2. The Morgan fingerprint density at radius 1 is 1.38 bits per heavy atom. The number of nitrogen functional groups attached to an aromatic ring is 2. The van der Waals surface area contributed by atoms with E-state index in [1.165, 1.54) is 0 Å². The minimum Gasteiger partial charge on any atom is -0.398 e. The van der Waals surface area contributed by atoms with Crippen molar-refractivity contribution in [2.24, 2.45) is 0 Å². The number of fused-ring (bicyclic) bond motifs is 1. The molecule has 2 nitrogen and oxygen atoms in total. The zero-order chi connectivity index (χ0) is 9.42. The summed E-state index contributed by atoms with van der Waals surface area (Å²) in [6.45, 7) is 2.09. The van der Waals surface area contributed by atoms with Gasteiger partial charge in [0.2, 0.25) is 0 Å². The standard InChI is InChI=1S/C10H12N2S/c1-2-6-5-8(11)10-7(9(6)12)3-4-13-10/h3-5H,2,11-12H2,1H3. The minimum atomic E-state index is 0.844. The van der Waals surface area contributed by atoms with Crippen LogP contribution in [-0.2, 0) is 6.42 Å². The average Bonchev–Trinajstić information content (AvgIpc) is 2.60. The van der Waals surface area contributed by atoms with Crippen molar-refractivity contribution in [1.29, 1.82) is 0 Å². The van der Waals surface area contributed by atoms with Crippen LogP contribution >= 0.6 is 11.3 Å². The number of hydrogen-bond acceptors (Lipinski definition) is 3. The van der Waals surface area contributed by atoms with Gasteiger partial charge in [0.1, 0.15) is 0 Å². The molecule has 0 fully saturated rings. The van der Waals surface area contributed by atoms with E-state index in [4.69, 9.17) is 11.5 Å². The number of thiophene rings is 1. The summed E-state index contributed by atoms with van der Waals surface area (Å²) in [5.74, 6) is 0. The molecule has 0 saturated heterocycles. The Bertz CT molecular complexity index is 445. The molecule has 0 atom stereocenters. The third-order valence-electron chi connectivity index (χ3n) is 2.27. The highest BCUT2D eigenvalue weighted by atomic mass is 32.1. The number of rotatable bonds is 1. The molecule has 1 aromatic heterocycles. The molecule has 13 heavy (non-hydrogen) atoms. The largest absolute Gasteiger partial charge is 0.398 e. The summed E-state index contributed by atoms with van der Waals surface area (Å²) in [7, 11) is 0. The summed E-state index contributed by atoms with van der Waals surface area (Å²) < 4.78 is 1.11. The van der Waals surface area contributed by atoms with E-state index in [-0.39, 0.29) is 0 Å². The number of benzene rings is 1. The topological polar surface area (TPSA) is 52.0 Å². The highest BCUT2D eigenvalue weighted by molar-refractivity contribution is 7.18. The van der Waals surface area contributed by atoms with E-state index < -0.39 is 0 Å². The SMILES string of the molecule is CCc1cc(N)c2sccc2c1N. The lowest BCUT2D eigenvalue weighted by atomic mass is 10.1. The Kier molecular flexibility index (Phi) is 1.88. The van der Waals surface area contributed by atoms with Crippen molar-refractivity contribution in [1.82, 2.24) is 0 Å². The van der Waals surface area contributed by atoms with Crippen LogP contribution < -0.4 is 11.5 Å². The number of aryl methyl sites for hydroxylation is 1. The third kappa shape index (κ3) is 1.16. The van der Waals surface area contributed by atoms with E-state index in [1.807, 2.05) is 17.5 Å². The molecule has 0 aliphatic rings. The molecule has 4 N–H and O–H groups in total. The van der Waals surface area contributed by atoms with Gasteiger partial charge in [0, 0.05) is 16.8 Å². The zero-order valence-corrected chi connectivity index (χ0v) is 8.32. The van der Waals surface area contributed by atoms with Gasteiger partial charge in [-0.05, 0) is 29.5 Å². The molecule has 0 unspecified atom stereocenters. The average molecular weight is 192 g/mol. The van der Waals surface area contributed by atoms with Crippen LogP contribution in [0.2, 0.25) is 0 Å². The van der Waals surface area contributed by atoms with Crippen LogP contribution in [0.1, 0.15) is 12.5 Å². The van der Waals surface area contributed by atoms with E-state index in [9.17, 15) is 0 Å². The highest BCUT2D eigenvalue weighted by Crippen LogP contribution is 2.34. The fourth-order valence-electron chi connectivity index (χ4n) is 1.54. The van der Waals surface area contributed by atoms with Gasteiger partial charge in [0.25, 0.3) is 0 Å². The molecule has 0 spiro atoms. The summed E-state index contributed by atoms with van der Waals surface area (Å²) in [5, 5.41) is 3.12. The maximum atomic E-state index is 5.99. The third-order valence-corrected chi connectivity index (χ3v) is 3.24. The molecule has 2 aromatic rings. The van der Waals surface area contributed by atoms with Crippen LogP contribution in [-0.4, -0.2) is 0 Å². The van der Waals surface area contributed by atoms with Gasteiger partial charge < -0.3 is 11.5 Å². The van der Waals surface area contributed by atoms with Crippen LogP contribution in [0.5, 0.6) is 0 Å². The highest BCUT2D eigenvalue weighted by Gasteiger charge is 2.07. The zero-order valence-electron chi connectivity index (χ0n) is 7.50. The van der Waals surface area contributed by atoms with Crippen molar-refractivity contribution in [2.45, 2.75) is 13.3 Å². The molecule has 0 amide bonds. The molecule has 0 aliphatic carbocycles. The number of anilines is 2. The minimum absolute atomic E-state index is 0.844. The van der Waals surface area contributed by atoms with Crippen LogP contribution in [0.25, 0.3) is 10.1 Å². The maximum Gasteiger partial charge on any atom is 0.0593 e. The molecular formula is C10H12N2S. The molecule has 0 saturated carbocycles. The Morgan fingerprint density at radius 3 is 2.85 bits per heavy atom. The smallest absolute Gasteiger partial charge is 0.0593 e. The first-order valence-corrected chi connectivity index (χ1v) is 5.16. The normalized spacial score (nSPS) is 10.8. The van der Waals surface area contributed by atoms with E-state index in [1.54, 1.807) is 11.3 Å². The second-order valence-corrected chi connectivity index (χ2v) is 3.97. The van der Waals surface area contributed by atoms with Gasteiger partial charge in [-0.15, -0.1) is 11.3 Å². The lowest BCUT2D eigenvalue weighted by Crippen LogP contribution is -1.96. The first kappa shape index (κ1) is 8.38. The van der Waals surface area contributed by atoms with Gasteiger partial charge >= 0.3 is 0 Å². The first-order valence-electron chi connectivity index (χ1n) is 4.28. The predicted molar refractivity (Wildman–Crippen MR) is 60.0 cm³/mol. The van der Waals surface area contributed by atoms with Gasteiger partial charge in [-0.1, -0.05) is 6.92 Å². The quantitative estimate of drug-likeness (QED) is 0.682. The molecule has 2 rings (SSSR count). The molecule has 0 radical (unpaired) electrons. The van der Waals surface area contributed by atoms with E-state index in [0.717, 1.165) is 33.4 Å². The van der Waals surface area contributed by atoms with Gasteiger partial charge in [0.05, 0.1) is 4.70 Å². The molecule has 0 bridgehead atoms. The summed E-state index contributed by atoms with van der Waals surface area (Å²) in [6, 6.07) is 4.01. The van der Waals surface area contributed by atoms with E-state index in [2.05, 4.69) is 6.92 Å². The summed E-state index contributed by atoms with van der Waals surface area (Å²) in [4.78, 5) is 0. The molecule has 1 aromatic carbocycles. The van der Waals surface area contributed by atoms with Crippen molar-refractivity contribution in [2.75, 3.05) is 11.5 Å².